The molecule has 9 heteroatoms. The third-order valence-electron chi connectivity index (χ3n) is 6.26. The topological polar surface area (TPSA) is 85.3 Å². The zero-order valence-electron chi connectivity index (χ0n) is 24.3. The fraction of sp³-hybridized carbons (Fsp3) is 0.963. The molecule has 0 aromatic heterocycles. The highest BCUT2D eigenvalue weighted by atomic mass is 31.2. The van der Waals surface area contributed by atoms with Gasteiger partial charge in [-0.25, -0.2) is 9.36 Å². The fourth-order valence-corrected chi connectivity index (χ4v) is 4.61. The smallest absolute Gasteiger partial charge is 0.449 e. The average Bonchev–Trinajstić information content (AvgIpc) is 2.79. The molecule has 216 valence electrons. The summed E-state index contributed by atoms with van der Waals surface area (Å²) in [4.78, 5) is 23.2. The Labute approximate surface area is 222 Å². The molecule has 0 spiro atoms. The summed E-state index contributed by atoms with van der Waals surface area (Å²) in [5.41, 5.74) is 0. The second-order valence-electron chi connectivity index (χ2n) is 11.3. The van der Waals surface area contributed by atoms with Crippen LogP contribution in [0, 0.1) is 5.92 Å². The first-order valence-electron chi connectivity index (χ1n) is 14.2. The summed E-state index contributed by atoms with van der Waals surface area (Å²) >= 11 is 0. The van der Waals surface area contributed by atoms with Gasteiger partial charge in [-0.15, -0.1) is 0 Å². The van der Waals surface area contributed by atoms with Gasteiger partial charge in [0, 0.05) is 20.0 Å². The monoisotopic (exact) mass is 537 g/mol. The third kappa shape index (κ3) is 23.7. The van der Waals surface area contributed by atoms with Gasteiger partial charge in [0.05, 0.1) is 34.4 Å². The molecule has 36 heavy (non-hydrogen) atoms. The lowest BCUT2D eigenvalue weighted by Crippen LogP contribution is -2.37. The Bertz CT molecular complexity index is 583. The van der Waals surface area contributed by atoms with Gasteiger partial charge in [0.25, 0.3) is 0 Å². The molecular formula is C27H58N2O6P+. The molecule has 0 fully saturated rings. The van der Waals surface area contributed by atoms with Crippen molar-refractivity contribution in [2.45, 2.75) is 103 Å². The molecular weight excluding hydrogens is 479 g/mol. The van der Waals surface area contributed by atoms with Gasteiger partial charge in [-0.2, -0.15) is 0 Å². The number of carbonyl (C=O) groups excluding carboxylic acids is 1. The first kappa shape index (κ1) is 35.3. The molecule has 1 amide bonds. The van der Waals surface area contributed by atoms with Crippen molar-refractivity contribution in [2.24, 2.45) is 5.92 Å². The highest BCUT2D eigenvalue weighted by Gasteiger charge is 2.25. The maximum absolute atomic E-state index is 12.2. The molecule has 1 N–H and O–H groups in total. The van der Waals surface area contributed by atoms with Crippen molar-refractivity contribution in [2.75, 3.05) is 61.6 Å². The van der Waals surface area contributed by atoms with Crippen molar-refractivity contribution in [1.29, 1.82) is 0 Å². The average molecular weight is 538 g/mol. The first-order valence-corrected chi connectivity index (χ1v) is 15.7. The summed E-state index contributed by atoms with van der Waals surface area (Å²) in [6.07, 6.45) is 18.5. The van der Waals surface area contributed by atoms with Crippen molar-refractivity contribution in [1.82, 2.24) is 4.90 Å². The number of hydrogen-bond donors (Lipinski definition) is 1. The summed E-state index contributed by atoms with van der Waals surface area (Å²) in [5, 5.41) is 0. The zero-order valence-corrected chi connectivity index (χ0v) is 25.2. The van der Waals surface area contributed by atoms with Gasteiger partial charge >= 0.3 is 13.9 Å². The quantitative estimate of drug-likeness (QED) is 0.0810. The van der Waals surface area contributed by atoms with Crippen LogP contribution in [0.15, 0.2) is 0 Å². The Morgan fingerprint density at radius 1 is 0.806 bits per heavy atom. The van der Waals surface area contributed by atoms with Crippen LogP contribution in [0.2, 0.25) is 0 Å². The first-order chi connectivity index (χ1) is 17.0. The molecule has 0 heterocycles. The Hall–Kier alpha value is -0.660. The Balaban J connectivity index is 4.12. The summed E-state index contributed by atoms with van der Waals surface area (Å²) in [5.74, 6) is -0.145. The lowest BCUT2D eigenvalue weighted by molar-refractivity contribution is -0.870. The Morgan fingerprint density at radius 3 is 1.72 bits per heavy atom. The molecule has 0 aliphatic heterocycles. The van der Waals surface area contributed by atoms with Gasteiger partial charge in [0.1, 0.15) is 13.2 Å². The summed E-state index contributed by atoms with van der Waals surface area (Å²) < 4.78 is 28.5. The zero-order chi connectivity index (χ0) is 27.3. The van der Waals surface area contributed by atoms with Crippen LogP contribution in [0.4, 0.5) is 4.79 Å². The van der Waals surface area contributed by atoms with Gasteiger partial charge < -0.3 is 19.0 Å². The van der Waals surface area contributed by atoms with Crippen LogP contribution >= 0.6 is 7.82 Å². The number of nitrogens with zero attached hydrogens (tertiary/aromatic N) is 2. The number of rotatable bonds is 24. The van der Waals surface area contributed by atoms with Crippen LogP contribution in [0.25, 0.3) is 0 Å². The minimum atomic E-state index is -4.13. The van der Waals surface area contributed by atoms with Crippen LogP contribution in [0.1, 0.15) is 103 Å². The molecule has 0 saturated heterocycles. The second kappa shape index (κ2) is 21.3. The predicted molar refractivity (Wildman–Crippen MR) is 148 cm³/mol. The fourth-order valence-electron chi connectivity index (χ4n) is 3.83. The number of unbranched alkanes of at least 4 members (excludes halogenated alkanes) is 13. The molecule has 0 aromatic rings. The van der Waals surface area contributed by atoms with Gasteiger partial charge in [0.2, 0.25) is 0 Å². The number of likely N-dealkylation sites (N-methyl/N-ethyl adjacent to an activating group) is 1. The lowest BCUT2D eigenvalue weighted by atomic mass is 10.0. The SMILES string of the molecule is CCCCCCCCCCCCCCCCC(COC(=O)N(C)C)COP(=O)(O)OCC[N+](C)(C)C. The number of carbonyl (C=O) groups is 1. The van der Waals surface area contributed by atoms with E-state index in [9.17, 15) is 14.3 Å². The number of phosphoric acid groups is 1. The van der Waals surface area contributed by atoms with Crippen LogP contribution in [-0.4, -0.2) is 82.0 Å². The predicted octanol–water partition coefficient (Wildman–Crippen LogP) is 7.01. The number of quaternary nitrogens is 1. The van der Waals surface area contributed by atoms with Gasteiger partial charge in [-0.05, 0) is 6.42 Å². The second-order valence-corrected chi connectivity index (χ2v) is 12.8. The van der Waals surface area contributed by atoms with E-state index in [-0.39, 0.29) is 25.7 Å². The largest absolute Gasteiger partial charge is 0.472 e. The van der Waals surface area contributed by atoms with E-state index in [1.165, 1.54) is 81.9 Å². The molecule has 0 aliphatic carbocycles. The highest BCUT2D eigenvalue weighted by Crippen LogP contribution is 2.43. The van der Waals surface area contributed by atoms with Crippen molar-refractivity contribution in [3.05, 3.63) is 0 Å². The van der Waals surface area contributed by atoms with E-state index in [0.717, 1.165) is 19.3 Å². The maximum atomic E-state index is 12.2. The molecule has 0 aromatic carbocycles. The summed E-state index contributed by atoms with van der Waals surface area (Å²) in [6.45, 7) is 3.18. The number of phosphoric ester groups is 1. The van der Waals surface area contributed by atoms with Gasteiger partial charge in [-0.3, -0.25) is 9.05 Å². The van der Waals surface area contributed by atoms with Crippen LogP contribution in [0.5, 0.6) is 0 Å². The van der Waals surface area contributed by atoms with E-state index < -0.39 is 13.9 Å². The Morgan fingerprint density at radius 2 is 1.28 bits per heavy atom. The molecule has 2 atom stereocenters. The minimum Gasteiger partial charge on any atom is -0.449 e. The summed E-state index contributed by atoms with van der Waals surface area (Å²) in [7, 11) is 5.08. The number of ether oxygens (including phenoxy) is 1. The standard InChI is InChI=1S/C27H57N2O6P/c1-7-8-9-10-11-12-13-14-15-16-17-18-19-20-21-26(24-33-27(30)28(2)3)25-35-36(31,32)34-23-22-29(4,5)6/h26H,7-25H2,1-6H3/p+1. The normalized spacial score (nSPS) is 14.4. The van der Waals surface area contributed by atoms with Crippen LogP contribution in [-0.2, 0) is 18.3 Å². The van der Waals surface area contributed by atoms with Gasteiger partial charge in [0.15, 0.2) is 0 Å². The highest BCUT2D eigenvalue weighted by molar-refractivity contribution is 7.47. The van der Waals surface area contributed by atoms with Crippen molar-refractivity contribution >= 4 is 13.9 Å². The van der Waals surface area contributed by atoms with E-state index in [2.05, 4.69) is 6.92 Å². The van der Waals surface area contributed by atoms with E-state index >= 15 is 0 Å². The van der Waals surface area contributed by atoms with E-state index in [1.54, 1.807) is 14.1 Å². The van der Waals surface area contributed by atoms with Crippen LogP contribution in [0.3, 0.4) is 0 Å². The van der Waals surface area contributed by atoms with Gasteiger partial charge in [-0.1, -0.05) is 96.8 Å². The van der Waals surface area contributed by atoms with E-state index in [0.29, 0.717) is 11.0 Å². The molecule has 8 nitrogen and oxygen atoms in total. The van der Waals surface area contributed by atoms with Crippen molar-refractivity contribution in [3.63, 3.8) is 0 Å². The third-order valence-corrected chi connectivity index (χ3v) is 7.25. The number of amides is 1. The molecule has 0 rings (SSSR count). The molecule has 0 aliphatic rings. The molecule has 0 bridgehead atoms. The summed E-state index contributed by atoms with van der Waals surface area (Å²) in [6, 6.07) is 0. The van der Waals surface area contributed by atoms with Crippen molar-refractivity contribution < 1.29 is 32.5 Å². The lowest BCUT2D eigenvalue weighted by Gasteiger charge is -2.24. The van der Waals surface area contributed by atoms with Crippen LogP contribution < -0.4 is 0 Å². The molecule has 0 saturated carbocycles. The maximum Gasteiger partial charge on any atom is 0.472 e. The van der Waals surface area contributed by atoms with E-state index in [1.807, 2.05) is 21.1 Å². The van der Waals surface area contributed by atoms with E-state index in [4.69, 9.17) is 13.8 Å². The molecule has 2 unspecified atom stereocenters. The number of hydrogen-bond acceptors (Lipinski definition) is 5. The minimum absolute atomic E-state index is 0.0251. The Kier molecular flexibility index (Phi) is 20.9. The molecule has 0 radical (unpaired) electrons. The van der Waals surface area contributed by atoms with Crippen molar-refractivity contribution in [3.8, 4) is 0 Å².